The van der Waals surface area contributed by atoms with Gasteiger partial charge >= 0.3 is 12.0 Å². The number of urea groups is 1. The van der Waals surface area contributed by atoms with Crippen LogP contribution in [0, 0.1) is 0 Å². The molecule has 0 radical (unpaired) electrons. The maximum absolute atomic E-state index is 11.5. The summed E-state index contributed by atoms with van der Waals surface area (Å²) in [5, 5.41) is 16.2. The van der Waals surface area contributed by atoms with Crippen LogP contribution < -0.4 is 10.6 Å². The maximum atomic E-state index is 11.5. The second kappa shape index (κ2) is 6.95. The van der Waals surface area contributed by atoms with Gasteiger partial charge in [-0.2, -0.15) is 0 Å². The van der Waals surface area contributed by atoms with Crippen LogP contribution in [0.25, 0.3) is 0 Å². The molecule has 100 valence electrons. The van der Waals surface area contributed by atoms with Crippen molar-refractivity contribution in [2.75, 3.05) is 0 Å². The van der Waals surface area contributed by atoms with Crippen molar-refractivity contribution in [3.05, 3.63) is 16.1 Å². The van der Waals surface area contributed by atoms with Gasteiger partial charge in [0.25, 0.3) is 0 Å². The standard InChI is InChI=1S/C11H17N3O3S/c1-3-7(4-2)13-11(17)12-5-9-14-8(6-18-9)10(15)16/h6-7H,3-5H2,1-2H3,(H,15,16)(H2,12,13,17). The Morgan fingerprint density at radius 3 is 2.61 bits per heavy atom. The van der Waals surface area contributed by atoms with Crippen molar-refractivity contribution >= 4 is 23.3 Å². The summed E-state index contributed by atoms with van der Waals surface area (Å²) in [5.41, 5.74) is 0.0113. The lowest BCUT2D eigenvalue weighted by Gasteiger charge is -2.14. The quantitative estimate of drug-likeness (QED) is 0.736. The first-order valence-corrected chi connectivity index (χ1v) is 6.66. The van der Waals surface area contributed by atoms with E-state index in [1.54, 1.807) is 0 Å². The smallest absolute Gasteiger partial charge is 0.355 e. The predicted molar refractivity (Wildman–Crippen MR) is 68.8 cm³/mol. The Balaban J connectivity index is 2.39. The van der Waals surface area contributed by atoms with Gasteiger partial charge in [0.1, 0.15) is 5.01 Å². The molecular weight excluding hydrogens is 254 g/mol. The average Bonchev–Trinajstić information content (AvgIpc) is 2.82. The van der Waals surface area contributed by atoms with E-state index in [4.69, 9.17) is 5.11 Å². The van der Waals surface area contributed by atoms with Crippen molar-refractivity contribution < 1.29 is 14.7 Å². The molecule has 1 heterocycles. The van der Waals surface area contributed by atoms with Gasteiger partial charge in [-0.1, -0.05) is 13.8 Å². The number of hydrogen-bond donors (Lipinski definition) is 3. The van der Waals surface area contributed by atoms with Crippen molar-refractivity contribution in [3.8, 4) is 0 Å². The number of hydrogen-bond acceptors (Lipinski definition) is 4. The van der Waals surface area contributed by atoms with E-state index in [9.17, 15) is 9.59 Å². The highest BCUT2D eigenvalue weighted by Gasteiger charge is 2.11. The third kappa shape index (κ3) is 4.33. The molecule has 0 aliphatic rings. The largest absolute Gasteiger partial charge is 0.476 e. The van der Waals surface area contributed by atoms with Crippen molar-refractivity contribution in [1.29, 1.82) is 0 Å². The molecule has 0 aromatic carbocycles. The highest BCUT2D eigenvalue weighted by atomic mass is 32.1. The van der Waals surface area contributed by atoms with Crippen LogP contribution >= 0.6 is 11.3 Å². The van der Waals surface area contributed by atoms with Crippen LogP contribution in [0.2, 0.25) is 0 Å². The molecule has 6 nitrogen and oxygen atoms in total. The number of aromatic carboxylic acids is 1. The van der Waals surface area contributed by atoms with Crippen LogP contribution in [0.15, 0.2) is 5.38 Å². The summed E-state index contributed by atoms with van der Waals surface area (Å²) in [6.45, 7) is 4.26. The van der Waals surface area contributed by atoms with Crippen LogP contribution in [-0.4, -0.2) is 28.1 Å². The summed E-state index contributed by atoms with van der Waals surface area (Å²) in [6.07, 6.45) is 1.76. The second-order valence-electron chi connectivity index (χ2n) is 3.77. The fraction of sp³-hybridized carbons (Fsp3) is 0.545. The monoisotopic (exact) mass is 271 g/mol. The number of carboxylic acid groups (broad SMARTS) is 1. The van der Waals surface area contributed by atoms with Crippen LogP contribution in [0.5, 0.6) is 0 Å². The van der Waals surface area contributed by atoms with Crippen molar-refractivity contribution in [3.63, 3.8) is 0 Å². The number of nitrogens with one attached hydrogen (secondary N) is 2. The van der Waals surface area contributed by atoms with Crippen molar-refractivity contribution in [2.45, 2.75) is 39.3 Å². The van der Waals surface area contributed by atoms with Crippen LogP contribution in [0.4, 0.5) is 4.79 Å². The van der Waals surface area contributed by atoms with E-state index in [0.717, 1.165) is 12.8 Å². The van der Waals surface area contributed by atoms with Crippen LogP contribution in [-0.2, 0) is 6.54 Å². The van der Waals surface area contributed by atoms with Gasteiger partial charge in [0, 0.05) is 11.4 Å². The summed E-state index contributed by atoms with van der Waals surface area (Å²) in [7, 11) is 0. The third-order valence-corrected chi connectivity index (χ3v) is 3.34. The minimum absolute atomic E-state index is 0.0113. The molecule has 0 spiro atoms. The van der Waals surface area contributed by atoms with E-state index in [1.165, 1.54) is 16.7 Å². The molecule has 3 N–H and O–H groups in total. The molecule has 0 unspecified atom stereocenters. The van der Waals surface area contributed by atoms with Gasteiger partial charge in [-0.05, 0) is 12.8 Å². The third-order valence-electron chi connectivity index (χ3n) is 2.49. The molecule has 18 heavy (non-hydrogen) atoms. The van der Waals surface area contributed by atoms with E-state index in [-0.39, 0.29) is 24.3 Å². The number of aromatic nitrogens is 1. The number of carbonyl (C=O) groups excluding carboxylic acids is 1. The molecule has 0 saturated heterocycles. The van der Waals surface area contributed by atoms with Gasteiger partial charge in [-0.25, -0.2) is 14.6 Å². The fourth-order valence-corrected chi connectivity index (χ4v) is 2.08. The first kappa shape index (κ1) is 14.4. The van der Waals surface area contributed by atoms with Gasteiger partial charge in [0.15, 0.2) is 5.69 Å². The zero-order valence-electron chi connectivity index (χ0n) is 10.4. The summed E-state index contributed by atoms with van der Waals surface area (Å²) < 4.78 is 0. The second-order valence-corrected chi connectivity index (χ2v) is 4.71. The zero-order valence-corrected chi connectivity index (χ0v) is 11.2. The number of carbonyl (C=O) groups is 2. The Morgan fingerprint density at radius 1 is 1.44 bits per heavy atom. The minimum atomic E-state index is -1.06. The molecule has 1 aromatic rings. The molecule has 0 bridgehead atoms. The summed E-state index contributed by atoms with van der Waals surface area (Å²) in [5.74, 6) is -1.06. The van der Waals surface area contributed by atoms with Crippen LogP contribution in [0.3, 0.4) is 0 Å². The predicted octanol–water partition coefficient (Wildman–Crippen LogP) is 1.83. The Bertz CT molecular complexity index is 415. The topological polar surface area (TPSA) is 91.3 Å². The van der Waals surface area contributed by atoms with E-state index in [0.29, 0.717) is 5.01 Å². The van der Waals surface area contributed by atoms with Gasteiger partial charge in [-0.3, -0.25) is 0 Å². The summed E-state index contributed by atoms with van der Waals surface area (Å²) >= 11 is 1.22. The van der Waals surface area contributed by atoms with Crippen molar-refractivity contribution in [2.24, 2.45) is 0 Å². The molecule has 1 aromatic heterocycles. The molecule has 0 aliphatic heterocycles. The first-order valence-electron chi connectivity index (χ1n) is 5.78. The molecule has 0 fully saturated rings. The minimum Gasteiger partial charge on any atom is -0.476 e. The average molecular weight is 271 g/mol. The Labute approximate surface area is 109 Å². The van der Waals surface area contributed by atoms with Crippen LogP contribution in [0.1, 0.15) is 42.2 Å². The lowest BCUT2D eigenvalue weighted by molar-refractivity contribution is 0.0691. The summed E-state index contributed by atoms with van der Waals surface area (Å²) in [6, 6.07) is -0.0911. The Hall–Kier alpha value is -1.63. The van der Waals surface area contributed by atoms with Gasteiger partial charge in [0.2, 0.25) is 0 Å². The highest BCUT2D eigenvalue weighted by Crippen LogP contribution is 2.09. The van der Waals surface area contributed by atoms with E-state index in [2.05, 4.69) is 15.6 Å². The molecule has 0 atom stereocenters. The van der Waals surface area contributed by atoms with E-state index < -0.39 is 5.97 Å². The molecule has 0 saturated carbocycles. The first-order chi connectivity index (χ1) is 8.56. The van der Waals surface area contributed by atoms with Crippen molar-refractivity contribution in [1.82, 2.24) is 15.6 Å². The van der Waals surface area contributed by atoms with E-state index in [1.807, 2.05) is 13.8 Å². The normalized spacial score (nSPS) is 10.4. The number of rotatable bonds is 6. The maximum Gasteiger partial charge on any atom is 0.355 e. The number of amides is 2. The number of carboxylic acids is 1. The molecule has 1 rings (SSSR count). The zero-order chi connectivity index (χ0) is 13.5. The molecular formula is C11H17N3O3S. The summed E-state index contributed by atoms with van der Waals surface area (Å²) in [4.78, 5) is 26.0. The highest BCUT2D eigenvalue weighted by molar-refractivity contribution is 7.09. The van der Waals surface area contributed by atoms with Gasteiger partial charge in [0.05, 0.1) is 6.54 Å². The molecule has 2 amide bonds. The van der Waals surface area contributed by atoms with Gasteiger partial charge < -0.3 is 15.7 Å². The lowest BCUT2D eigenvalue weighted by Crippen LogP contribution is -2.41. The van der Waals surface area contributed by atoms with Gasteiger partial charge in [-0.15, -0.1) is 11.3 Å². The fourth-order valence-electron chi connectivity index (χ4n) is 1.38. The number of nitrogens with zero attached hydrogens (tertiary/aromatic N) is 1. The number of thiazole rings is 1. The SMILES string of the molecule is CCC(CC)NC(=O)NCc1nc(C(=O)O)cs1. The Morgan fingerprint density at radius 2 is 2.11 bits per heavy atom. The van der Waals surface area contributed by atoms with E-state index >= 15 is 0 Å². The lowest BCUT2D eigenvalue weighted by atomic mass is 10.2. The molecule has 7 heteroatoms. The Kier molecular flexibility index (Phi) is 5.57. The molecule has 0 aliphatic carbocycles.